The number of rotatable bonds is 13. The fraction of sp³-hybridized carbons (Fsp3) is 0.132. The topological polar surface area (TPSA) is 87.5 Å². The molecule has 0 saturated carbocycles. The van der Waals surface area contributed by atoms with Crippen molar-refractivity contribution in [3.05, 3.63) is 150 Å². The molecule has 1 aromatic heterocycles. The highest BCUT2D eigenvalue weighted by molar-refractivity contribution is 7.99. The molecule has 0 aliphatic rings. The van der Waals surface area contributed by atoms with Crippen molar-refractivity contribution in [3.8, 4) is 28.7 Å². The van der Waals surface area contributed by atoms with Crippen molar-refractivity contribution in [2.45, 2.75) is 18.0 Å². The number of methoxy groups -OCH3 is 2. The van der Waals surface area contributed by atoms with E-state index in [1.165, 1.54) is 17.3 Å². The largest absolute Gasteiger partial charge is 0.493 e. The van der Waals surface area contributed by atoms with E-state index in [0.29, 0.717) is 34.7 Å². The van der Waals surface area contributed by atoms with Crippen LogP contribution in [0.2, 0.25) is 0 Å². The van der Waals surface area contributed by atoms with E-state index in [1.54, 1.807) is 14.2 Å². The standard InChI is InChI=1S/C38H34N4O4S/c1-44-34-22-17-28(24-35(34)45-2)25-36-40-41-38(42(36)30-18-20-32(21-19-30)46-31-14-7-4-8-15-31)47-26-37(43)39-33-16-10-9-13-29(33)23-27-11-5-3-6-12-27/h3-22,24H,23,25-26H2,1-2H3,(H,39,43). The predicted molar refractivity (Wildman–Crippen MR) is 185 cm³/mol. The lowest BCUT2D eigenvalue weighted by Gasteiger charge is -2.13. The highest BCUT2D eigenvalue weighted by Crippen LogP contribution is 2.31. The minimum atomic E-state index is -0.127. The van der Waals surface area contributed by atoms with E-state index in [0.717, 1.165) is 34.7 Å². The molecule has 236 valence electrons. The van der Waals surface area contributed by atoms with Gasteiger partial charge in [0.15, 0.2) is 16.7 Å². The van der Waals surface area contributed by atoms with Gasteiger partial charge in [-0.25, -0.2) is 0 Å². The number of amides is 1. The zero-order valence-corrected chi connectivity index (χ0v) is 26.9. The second kappa shape index (κ2) is 15.2. The maximum absolute atomic E-state index is 13.3. The minimum Gasteiger partial charge on any atom is -0.493 e. The number of ether oxygens (including phenoxy) is 3. The van der Waals surface area contributed by atoms with Crippen LogP contribution < -0.4 is 19.5 Å². The summed E-state index contributed by atoms with van der Waals surface area (Å²) in [5.41, 5.74) is 4.85. The van der Waals surface area contributed by atoms with E-state index >= 15 is 0 Å². The van der Waals surface area contributed by atoms with Gasteiger partial charge >= 0.3 is 0 Å². The van der Waals surface area contributed by atoms with Crippen molar-refractivity contribution >= 4 is 23.4 Å². The van der Waals surface area contributed by atoms with E-state index in [1.807, 2.05) is 120 Å². The Morgan fingerprint density at radius 1 is 0.702 bits per heavy atom. The van der Waals surface area contributed by atoms with Crippen LogP contribution in [0.5, 0.6) is 23.0 Å². The molecule has 0 unspecified atom stereocenters. The third kappa shape index (κ3) is 8.01. The van der Waals surface area contributed by atoms with E-state index in [-0.39, 0.29) is 11.7 Å². The molecule has 1 N–H and O–H groups in total. The van der Waals surface area contributed by atoms with Crippen LogP contribution in [0.4, 0.5) is 5.69 Å². The first-order valence-electron chi connectivity index (χ1n) is 15.1. The lowest BCUT2D eigenvalue weighted by atomic mass is 10.0. The Morgan fingerprint density at radius 3 is 2.13 bits per heavy atom. The number of hydrogen-bond acceptors (Lipinski definition) is 7. The molecule has 5 aromatic carbocycles. The van der Waals surface area contributed by atoms with Crippen molar-refractivity contribution < 1.29 is 19.0 Å². The first-order valence-corrected chi connectivity index (χ1v) is 16.1. The Kier molecular flexibility index (Phi) is 10.1. The number of anilines is 1. The second-order valence-corrected chi connectivity index (χ2v) is 11.6. The Balaban J connectivity index is 1.23. The molecule has 0 radical (unpaired) electrons. The number of hydrogen-bond donors (Lipinski definition) is 1. The molecule has 1 heterocycles. The van der Waals surface area contributed by atoms with Gasteiger partial charge in [-0.1, -0.05) is 84.6 Å². The third-order valence-electron chi connectivity index (χ3n) is 7.45. The summed E-state index contributed by atoms with van der Waals surface area (Å²) in [5, 5.41) is 12.8. The quantitative estimate of drug-likeness (QED) is 0.128. The molecule has 47 heavy (non-hydrogen) atoms. The maximum Gasteiger partial charge on any atom is 0.234 e. The minimum absolute atomic E-state index is 0.127. The molecule has 0 atom stereocenters. The van der Waals surface area contributed by atoms with Crippen molar-refractivity contribution in [3.63, 3.8) is 0 Å². The molecule has 9 heteroatoms. The van der Waals surface area contributed by atoms with Gasteiger partial charge in [-0.15, -0.1) is 10.2 Å². The van der Waals surface area contributed by atoms with Gasteiger partial charge in [0, 0.05) is 17.8 Å². The number of thioether (sulfide) groups is 1. The van der Waals surface area contributed by atoms with Crippen LogP contribution in [0.25, 0.3) is 5.69 Å². The molecule has 0 spiro atoms. The monoisotopic (exact) mass is 642 g/mol. The van der Waals surface area contributed by atoms with Crippen LogP contribution >= 0.6 is 11.8 Å². The molecule has 6 rings (SSSR count). The van der Waals surface area contributed by atoms with Crippen LogP contribution in [0.3, 0.4) is 0 Å². The molecule has 0 fully saturated rings. The maximum atomic E-state index is 13.3. The molecule has 8 nitrogen and oxygen atoms in total. The van der Waals surface area contributed by atoms with Crippen LogP contribution in [0, 0.1) is 0 Å². The van der Waals surface area contributed by atoms with Gasteiger partial charge in [-0.2, -0.15) is 0 Å². The van der Waals surface area contributed by atoms with E-state index in [9.17, 15) is 4.79 Å². The van der Waals surface area contributed by atoms with Crippen molar-refractivity contribution in [1.82, 2.24) is 14.8 Å². The highest BCUT2D eigenvalue weighted by Gasteiger charge is 2.18. The van der Waals surface area contributed by atoms with Gasteiger partial charge in [-0.05, 0) is 77.7 Å². The predicted octanol–water partition coefficient (Wildman–Crippen LogP) is 7.99. The first kappa shape index (κ1) is 31.4. The lowest BCUT2D eigenvalue weighted by Crippen LogP contribution is -2.16. The zero-order valence-electron chi connectivity index (χ0n) is 26.1. The number of para-hydroxylation sites is 2. The fourth-order valence-electron chi connectivity index (χ4n) is 5.16. The van der Waals surface area contributed by atoms with Crippen molar-refractivity contribution in [1.29, 1.82) is 0 Å². The van der Waals surface area contributed by atoms with Gasteiger partial charge in [0.1, 0.15) is 17.3 Å². The molecule has 0 aliphatic heterocycles. The van der Waals surface area contributed by atoms with E-state index in [4.69, 9.17) is 14.2 Å². The SMILES string of the molecule is COc1ccc(Cc2nnc(SCC(=O)Nc3ccccc3Cc3ccccc3)n2-c2ccc(Oc3ccccc3)cc2)cc1OC. The highest BCUT2D eigenvalue weighted by atomic mass is 32.2. The third-order valence-corrected chi connectivity index (χ3v) is 8.37. The van der Waals surface area contributed by atoms with Crippen molar-refractivity contribution in [2.75, 3.05) is 25.3 Å². The molecule has 0 bridgehead atoms. The number of nitrogens with one attached hydrogen (secondary N) is 1. The Bertz CT molecular complexity index is 1930. The Labute approximate surface area is 278 Å². The fourth-order valence-corrected chi connectivity index (χ4v) is 5.93. The number of nitrogens with zero attached hydrogens (tertiary/aromatic N) is 3. The first-order chi connectivity index (χ1) is 23.1. The molecule has 0 aliphatic carbocycles. The summed E-state index contributed by atoms with van der Waals surface area (Å²) >= 11 is 1.33. The smallest absolute Gasteiger partial charge is 0.234 e. The van der Waals surface area contributed by atoms with Crippen LogP contribution in [0.15, 0.2) is 133 Å². The molecule has 0 saturated heterocycles. The van der Waals surface area contributed by atoms with E-state index < -0.39 is 0 Å². The van der Waals surface area contributed by atoms with Gasteiger partial charge in [0.2, 0.25) is 5.91 Å². The molecule has 6 aromatic rings. The van der Waals surface area contributed by atoms with Crippen LogP contribution in [0.1, 0.15) is 22.5 Å². The van der Waals surface area contributed by atoms with Gasteiger partial charge in [-0.3, -0.25) is 9.36 Å². The molecule has 1 amide bonds. The number of carbonyl (C=O) groups is 1. The van der Waals surface area contributed by atoms with E-state index in [2.05, 4.69) is 27.6 Å². The summed E-state index contributed by atoms with van der Waals surface area (Å²) in [6.45, 7) is 0. The Hall–Kier alpha value is -5.54. The van der Waals surface area contributed by atoms with Gasteiger partial charge in [0.05, 0.1) is 20.0 Å². The molecular formula is C38H34N4O4S. The normalized spacial score (nSPS) is 10.8. The van der Waals surface area contributed by atoms with Crippen molar-refractivity contribution in [2.24, 2.45) is 0 Å². The van der Waals surface area contributed by atoms with Gasteiger partial charge < -0.3 is 19.5 Å². The zero-order chi connectivity index (χ0) is 32.4. The van der Waals surface area contributed by atoms with Gasteiger partial charge in [0.25, 0.3) is 0 Å². The summed E-state index contributed by atoms with van der Waals surface area (Å²) in [6.07, 6.45) is 1.21. The lowest BCUT2D eigenvalue weighted by molar-refractivity contribution is -0.113. The summed E-state index contributed by atoms with van der Waals surface area (Å²) in [4.78, 5) is 13.3. The van der Waals surface area contributed by atoms with Crippen LogP contribution in [-0.2, 0) is 17.6 Å². The average Bonchev–Trinajstić information content (AvgIpc) is 3.51. The Morgan fingerprint density at radius 2 is 1.38 bits per heavy atom. The summed E-state index contributed by atoms with van der Waals surface area (Å²) in [6, 6.07) is 41.3. The number of carbonyl (C=O) groups excluding carboxylic acids is 1. The number of benzene rings is 5. The second-order valence-electron chi connectivity index (χ2n) is 10.7. The summed E-state index contributed by atoms with van der Waals surface area (Å²) < 4.78 is 18.9. The summed E-state index contributed by atoms with van der Waals surface area (Å²) in [7, 11) is 3.23. The molecular weight excluding hydrogens is 609 g/mol. The summed E-state index contributed by atoms with van der Waals surface area (Å²) in [5.74, 6) is 3.49. The van der Waals surface area contributed by atoms with Crippen LogP contribution in [-0.4, -0.2) is 40.6 Å². The number of aromatic nitrogens is 3. The average molecular weight is 643 g/mol.